The third-order valence-electron chi connectivity index (χ3n) is 4.85. The number of aromatic nitrogens is 3. The molecule has 0 radical (unpaired) electrons. The fourth-order valence-electron chi connectivity index (χ4n) is 3.01. The van der Waals surface area contributed by atoms with Crippen LogP contribution in [0.15, 0.2) is 30.6 Å². The van der Waals surface area contributed by atoms with Gasteiger partial charge in [-0.2, -0.15) is 35.1 Å². The number of aryl methyl sites for hydroxylation is 1. The lowest BCUT2D eigenvalue weighted by Gasteiger charge is -2.34. The third-order valence-corrected chi connectivity index (χ3v) is 4.85. The van der Waals surface area contributed by atoms with E-state index in [0.717, 1.165) is 28.8 Å². The summed E-state index contributed by atoms with van der Waals surface area (Å²) in [7, 11) is 0. The zero-order valence-corrected chi connectivity index (χ0v) is 15.8. The smallest absolute Gasteiger partial charge is 0.381 e. The number of imidazole rings is 1. The van der Waals surface area contributed by atoms with E-state index in [4.69, 9.17) is 5.73 Å². The molecule has 5 nitrogen and oxygen atoms in total. The molecule has 0 aliphatic heterocycles. The van der Waals surface area contributed by atoms with Crippen LogP contribution in [0.4, 0.5) is 40.9 Å². The largest absolute Gasteiger partial charge is 0.456 e. The molecule has 13 heteroatoms. The van der Waals surface area contributed by atoms with Crippen LogP contribution in [0.1, 0.15) is 23.7 Å². The first-order valence-electron chi connectivity index (χ1n) is 8.47. The lowest BCUT2D eigenvalue weighted by atomic mass is 9.86. The van der Waals surface area contributed by atoms with Crippen LogP contribution < -0.4 is 5.73 Å². The molecule has 0 bridgehead atoms. The Kier molecular flexibility index (Phi) is 4.96. The third kappa shape index (κ3) is 3.56. The van der Waals surface area contributed by atoms with Gasteiger partial charge in [0.1, 0.15) is 0 Å². The molecule has 0 fully saturated rings. The minimum atomic E-state index is -6.05. The van der Waals surface area contributed by atoms with Crippen molar-refractivity contribution in [3.8, 4) is 11.3 Å². The van der Waals surface area contributed by atoms with Gasteiger partial charge in [0, 0.05) is 11.8 Å². The predicted molar refractivity (Wildman–Crippen MR) is 93.1 cm³/mol. The van der Waals surface area contributed by atoms with Crippen molar-refractivity contribution in [1.29, 1.82) is 0 Å². The Morgan fingerprint density at radius 1 is 1.03 bits per heavy atom. The van der Waals surface area contributed by atoms with Crippen molar-refractivity contribution in [3.05, 3.63) is 47.4 Å². The SMILES string of the molecule is Cc1ccc(C(C)(O)C(F)(F)C(F)(F)F)cc1-c1cnc2c(N)nc(C(F)(F)F)cn12. The molecule has 0 aliphatic rings. The highest BCUT2D eigenvalue weighted by Gasteiger charge is 2.68. The molecule has 3 aromatic rings. The lowest BCUT2D eigenvalue weighted by Crippen LogP contribution is -2.53. The Morgan fingerprint density at radius 2 is 1.65 bits per heavy atom. The van der Waals surface area contributed by atoms with E-state index in [1.54, 1.807) is 0 Å². The topological polar surface area (TPSA) is 76.4 Å². The Hall–Kier alpha value is -2.96. The van der Waals surface area contributed by atoms with E-state index in [-0.39, 0.29) is 16.9 Å². The molecular formula is C18H14F8N4O. The average Bonchev–Trinajstić information content (AvgIpc) is 3.04. The number of fused-ring (bicyclic) bond motifs is 1. The van der Waals surface area contributed by atoms with Crippen molar-refractivity contribution in [2.24, 2.45) is 0 Å². The van der Waals surface area contributed by atoms with E-state index in [2.05, 4.69) is 9.97 Å². The highest BCUT2D eigenvalue weighted by atomic mass is 19.4. The Labute approximate surface area is 169 Å². The van der Waals surface area contributed by atoms with Gasteiger partial charge in [-0.25, -0.2) is 9.97 Å². The molecule has 3 rings (SSSR count). The fourth-order valence-corrected chi connectivity index (χ4v) is 3.01. The average molecular weight is 454 g/mol. The number of nitrogens with two attached hydrogens (primary N) is 1. The number of anilines is 1. The van der Waals surface area contributed by atoms with E-state index in [9.17, 15) is 40.2 Å². The summed E-state index contributed by atoms with van der Waals surface area (Å²) in [6.07, 6.45) is -9.27. The quantitative estimate of drug-likeness (QED) is 0.562. The first-order chi connectivity index (χ1) is 14.0. The molecule has 0 saturated carbocycles. The molecule has 0 spiro atoms. The second kappa shape index (κ2) is 6.77. The predicted octanol–water partition coefficient (Wildman–Crippen LogP) is 4.71. The van der Waals surface area contributed by atoms with Crippen LogP contribution in [0.25, 0.3) is 16.9 Å². The highest BCUT2D eigenvalue weighted by Crippen LogP contribution is 2.48. The maximum Gasteiger partial charge on any atom is 0.456 e. The molecule has 1 unspecified atom stereocenters. The number of nitrogen functional groups attached to an aromatic ring is 1. The van der Waals surface area contributed by atoms with Gasteiger partial charge in [0.05, 0.1) is 11.9 Å². The molecule has 1 aromatic carbocycles. The maximum atomic E-state index is 13.9. The molecule has 2 aromatic heterocycles. The van der Waals surface area contributed by atoms with Crippen molar-refractivity contribution in [3.63, 3.8) is 0 Å². The number of halogens is 8. The first kappa shape index (κ1) is 22.7. The highest BCUT2D eigenvalue weighted by molar-refractivity contribution is 5.72. The van der Waals surface area contributed by atoms with E-state index >= 15 is 0 Å². The van der Waals surface area contributed by atoms with E-state index < -0.39 is 41.0 Å². The number of benzene rings is 1. The van der Waals surface area contributed by atoms with Gasteiger partial charge in [-0.05, 0) is 31.0 Å². The molecule has 2 heterocycles. The molecular weight excluding hydrogens is 440 g/mol. The molecule has 3 N–H and O–H groups in total. The summed E-state index contributed by atoms with van der Waals surface area (Å²) in [5.41, 5.74) is -0.292. The van der Waals surface area contributed by atoms with Gasteiger partial charge < -0.3 is 10.8 Å². The molecule has 31 heavy (non-hydrogen) atoms. The number of nitrogens with zero attached hydrogens (tertiary/aromatic N) is 3. The van der Waals surface area contributed by atoms with E-state index in [0.29, 0.717) is 18.7 Å². The van der Waals surface area contributed by atoms with Crippen molar-refractivity contribution in [2.75, 3.05) is 5.73 Å². The van der Waals surface area contributed by atoms with E-state index in [1.165, 1.54) is 6.92 Å². The van der Waals surface area contributed by atoms with Gasteiger partial charge in [-0.1, -0.05) is 12.1 Å². The van der Waals surface area contributed by atoms with Gasteiger partial charge in [0.15, 0.2) is 22.8 Å². The summed E-state index contributed by atoms with van der Waals surface area (Å²) in [4.78, 5) is 7.08. The van der Waals surface area contributed by atoms with Gasteiger partial charge in [-0.15, -0.1) is 0 Å². The number of rotatable bonds is 3. The summed E-state index contributed by atoms with van der Waals surface area (Å²) in [5.74, 6) is -6.07. The van der Waals surface area contributed by atoms with Crippen molar-refractivity contribution in [2.45, 2.75) is 37.7 Å². The number of alkyl halides is 8. The van der Waals surface area contributed by atoms with Crippen LogP contribution in [-0.2, 0) is 11.8 Å². The van der Waals surface area contributed by atoms with Gasteiger partial charge in [0.2, 0.25) is 0 Å². The van der Waals surface area contributed by atoms with Gasteiger partial charge >= 0.3 is 18.3 Å². The Bertz CT molecular complexity index is 1150. The molecule has 0 aliphatic carbocycles. The monoisotopic (exact) mass is 454 g/mol. The van der Waals surface area contributed by atoms with Crippen LogP contribution in [0.3, 0.4) is 0 Å². The van der Waals surface area contributed by atoms with Crippen LogP contribution in [0.5, 0.6) is 0 Å². The summed E-state index contributed by atoms with van der Waals surface area (Å²) in [6.45, 7) is 1.75. The van der Waals surface area contributed by atoms with Crippen molar-refractivity contribution in [1.82, 2.24) is 14.4 Å². The molecule has 168 valence electrons. The zero-order valence-electron chi connectivity index (χ0n) is 15.8. The number of aliphatic hydroxyl groups is 1. The number of hydrogen-bond donors (Lipinski definition) is 2. The normalized spacial score (nSPS) is 15.3. The minimum Gasteiger partial charge on any atom is -0.381 e. The Balaban J connectivity index is 2.24. The van der Waals surface area contributed by atoms with Crippen molar-refractivity contribution >= 4 is 11.5 Å². The van der Waals surface area contributed by atoms with Crippen LogP contribution in [-0.4, -0.2) is 31.6 Å². The first-order valence-corrected chi connectivity index (χ1v) is 8.47. The summed E-state index contributed by atoms with van der Waals surface area (Å²) in [6, 6.07) is 2.86. The summed E-state index contributed by atoms with van der Waals surface area (Å²) in [5, 5.41) is 10.1. The van der Waals surface area contributed by atoms with Gasteiger partial charge in [-0.3, -0.25) is 4.40 Å². The molecule has 0 saturated heterocycles. The second-order valence-electron chi connectivity index (χ2n) is 7.02. The maximum absolute atomic E-state index is 13.9. The lowest BCUT2D eigenvalue weighted by molar-refractivity contribution is -0.342. The van der Waals surface area contributed by atoms with Crippen LogP contribution >= 0.6 is 0 Å². The number of hydrogen-bond acceptors (Lipinski definition) is 4. The van der Waals surface area contributed by atoms with E-state index in [1.807, 2.05) is 0 Å². The van der Waals surface area contributed by atoms with Crippen LogP contribution in [0, 0.1) is 6.92 Å². The van der Waals surface area contributed by atoms with Gasteiger partial charge in [0.25, 0.3) is 0 Å². The molecule has 1 atom stereocenters. The molecule has 0 amide bonds. The van der Waals surface area contributed by atoms with Crippen molar-refractivity contribution < 1.29 is 40.2 Å². The summed E-state index contributed by atoms with van der Waals surface area (Å²) >= 11 is 0. The minimum absolute atomic E-state index is 0.0398. The zero-order chi connectivity index (χ0) is 23.6. The fraction of sp³-hybridized carbons (Fsp3) is 0.333. The van der Waals surface area contributed by atoms with Crippen LogP contribution in [0.2, 0.25) is 0 Å². The second-order valence-corrected chi connectivity index (χ2v) is 7.02. The Morgan fingerprint density at radius 3 is 2.19 bits per heavy atom. The standard InChI is InChI=1S/C18H14F8N4O/c1-8-3-4-9(15(2,31)17(22,23)18(24,25)26)5-10(8)11-6-28-14-13(27)29-12(7-30(11)14)16(19,20)21/h3-7,31H,1-2H3,(H2,27,29). The summed E-state index contributed by atoms with van der Waals surface area (Å²) < 4.78 is 107.